The van der Waals surface area contributed by atoms with Crippen molar-refractivity contribution in [2.24, 2.45) is 5.73 Å². The van der Waals surface area contributed by atoms with Gasteiger partial charge in [0.1, 0.15) is 22.8 Å². The van der Waals surface area contributed by atoms with Gasteiger partial charge in [-0.3, -0.25) is 18.8 Å². The van der Waals surface area contributed by atoms with Crippen LogP contribution in [0.3, 0.4) is 0 Å². The number of aromatic nitrogens is 3. The van der Waals surface area contributed by atoms with Crippen LogP contribution >= 0.6 is 0 Å². The van der Waals surface area contributed by atoms with Gasteiger partial charge < -0.3 is 37.1 Å². The Labute approximate surface area is 255 Å². The Kier molecular flexibility index (Phi) is 10.7. The molecule has 15 nitrogen and oxygen atoms in total. The normalized spacial score (nSPS) is 10.4. The molecule has 0 aliphatic heterocycles. The number of rotatable bonds is 9. The summed E-state index contributed by atoms with van der Waals surface area (Å²) < 4.78 is 5.60. The number of nitrogen functional groups attached to an aromatic ring is 1. The van der Waals surface area contributed by atoms with E-state index in [-0.39, 0.29) is 55.0 Å². The molecule has 2 heterocycles. The second kappa shape index (κ2) is 14.4. The number of nitrogens with one attached hydrogen (secondary N) is 2. The lowest BCUT2D eigenvalue weighted by atomic mass is 10.1. The number of aromatic hydroxyl groups is 1. The van der Waals surface area contributed by atoms with Gasteiger partial charge in [-0.2, -0.15) is 4.98 Å². The summed E-state index contributed by atoms with van der Waals surface area (Å²) in [5, 5.41) is 24.3. The van der Waals surface area contributed by atoms with Crippen LogP contribution in [0.2, 0.25) is 0 Å². The van der Waals surface area contributed by atoms with Crippen molar-refractivity contribution in [3.8, 4) is 5.88 Å². The van der Waals surface area contributed by atoms with Gasteiger partial charge in [-0.1, -0.05) is 43.8 Å². The summed E-state index contributed by atoms with van der Waals surface area (Å²) in [5.41, 5.74) is 12.1. The minimum absolute atomic E-state index is 0. The molecule has 5 rings (SSSR count). The van der Waals surface area contributed by atoms with E-state index in [1.807, 2.05) is 12.1 Å². The fourth-order valence-corrected chi connectivity index (χ4v) is 4.03. The first-order chi connectivity index (χ1) is 21.0. The molecule has 2 aromatic heterocycles. The highest BCUT2D eigenvalue weighted by Gasteiger charge is 2.19. The van der Waals surface area contributed by atoms with Crippen LogP contribution in [0, 0.1) is 0 Å². The number of anilines is 2. The van der Waals surface area contributed by atoms with E-state index in [0.717, 1.165) is 33.4 Å². The van der Waals surface area contributed by atoms with E-state index in [1.54, 1.807) is 36.4 Å². The zero-order valence-corrected chi connectivity index (χ0v) is 23.2. The second-order valence-corrected chi connectivity index (χ2v) is 9.30. The molecule has 15 heteroatoms. The number of ether oxygens (including phenoxy) is 1. The number of hydrogen-bond acceptors (Lipinski definition) is 12. The van der Waals surface area contributed by atoms with Crippen LogP contribution in [0.5, 0.6) is 5.88 Å². The van der Waals surface area contributed by atoms with E-state index in [2.05, 4.69) is 25.3 Å². The molecule has 0 bridgehead atoms. The number of carboxylic acid groups (broad SMARTS) is 1. The van der Waals surface area contributed by atoms with Gasteiger partial charge in [-0.25, -0.2) is 14.6 Å². The van der Waals surface area contributed by atoms with E-state index in [0.29, 0.717) is 12.1 Å². The Morgan fingerprint density at radius 1 is 0.956 bits per heavy atom. The number of hydrogen-bond donors (Lipinski definition) is 6. The standard InChI is InChI=1S/C20H16N6O6.C9H11NO2.CH4/c21-14-15(17(29)16(14)28)22-6-9-2-1-3-10(4-9)7-23-18(30)11-5-12(19(31)32)26-8-13(27)25-20(26)24-11;1-12-9(11)8-4-2-7(6-10)3-5-8;/h1-5,8,22,27H,6-7,21H2,(H,23,30)(H,31,32);2-5H,6,10H2,1H3;1H4. The number of carbonyl (C=O) groups excluding carboxylic acids is 2. The monoisotopic (exact) mass is 617 g/mol. The molecule has 0 radical (unpaired) electrons. The van der Waals surface area contributed by atoms with Crippen molar-refractivity contribution < 1.29 is 29.3 Å². The maximum atomic E-state index is 12.5. The summed E-state index contributed by atoms with van der Waals surface area (Å²) in [6.07, 6.45) is 1.09. The number of benzene rings is 2. The molecule has 0 aliphatic rings. The number of methoxy groups -OCH3 is 1. The van der Waals surface area contributed by atoms with Crippen molar-refractivity contribution in [3.63, 3.8) is 0 Å². The number of fused-ring (bicyclic) bond motifs is 1. The smallest absolute Gasteiger partial charge is 0.353 e. The van der Waals surface area contributed by atoms with Gasteiger partial charge in [0.25, 0.3) is 16.8 Å². The molecule has 0 atom stereocenters. The van der Waals surface area contributed by atoms with Gasteiger partial charge >= 0.3 is 11.9 Å². The van der Waals surface area contributed by atoms with E-state index in [4.69, 9.17) is 11.5 Å². The van der Waals surface area contributed by atoms with Gasteiger partial charge in [0.15, 0.2) is 0 Å². The first kappa shape index (κ1) is 33.4. The molecule has 0 fully saturated rings. The molecule has 45 heavy (non-hydrogen) atoms. The number of carbonyl (C=O) groups is 3. The van der Waals surface area contributed by atoms with Crippen LogP contribution in [0.4, 0.5) is 11.4 Å². The van der Waals surface area contributed by atoms with Gasteiger partial charge in [0.2, 0.25) is 11.7 Å². The number of nitrogens with zero attached hydrogens (tertiary/aromatic N) is 3. The Morgan fingerprint density at radius 3 is 2.22 bits per heavy atom. The maximum absolute atomic E-state index is 12.5. The largest absolute Gasteiger partial charge is 0.492 e. The minimum Gasteiger partial charge on any atom is -0.492 e. The third-order valence-corrected chi connectivity index (χ3v) is 6.35. The highest BCUT2D eigenvalue weighted by atomic mass is 16.5. The fraction of sp³-hybridized carbons (Fsp3) is 0.167. The summed E-state index contributed by atoms with van der Waals surface area (Å²) >= 11 is 0. The van der Waals surface area contributed by atoms with Gasteiger partial charge in [0, 0.05) is 25.7 Å². The number of aromatic carboxylic acids is 1. The first-order valence-electron chi connectivity index (χ1n) is 12.9. The topological polar surface area (TPSA) is 241 Å². The number of carboxylic acids is 1. The summed E-state index contributed by atoms with van der Waals surface area (Å²) in [6.45, 7) is 0.853. The summed E-state index contributed by atoms with van der Waals surface area (Å²) in [5.74, 6) is -2.81. The number of nitrogens with two attached hydrogens (primary N) is 2. The molecule has 0 aliphatic carbocycles. The third-order valence-electron chi connectivity index (χ3n) is 6.35. The molecule has 0 spiro atoms. The highest BCUT2D eigenvalue weighted by Crippen LogP contribution is 2.15. The molecule has 0 saturated carbocycles. The van der Waals surface area contributed by atoms with Crippen LogP contribution in [-0.2, 0) is 24.4 Å². The van der Waals surface area contributed by atoms with Gasteiger partial charge in [-0.05, 0) is 28.8 Å². The average molecular weight is 618 g/mol. The number of imidazole rings is 1. The molecular formula is C30H31N7O8. The Balaban J connectivity index is 0.000000359. The van der Waals surface area contributed by atoms with Crippen LogP contribution in [0.1, 0.15) is 55.5 Å². The summed E-state index contributed by atoms with van der Waals surface area (Å²) in [6, 6.07) is 15.2. The molecule has 1 amide bonds. The van der Waals surface area contributed by atoms with Gasteiger partial charge in [0.05, 0.1) is 18.9 Å². The SMILES string of the molecule is C.COC(=O)c1ccc(CN)cc1.Nc1c(NCc2cccc(CNC(=O)c3cc(C(=O)O)n4cc(O)nc4n3)c2)c(=O)c1=O. The molecule has 3 aromatic carbocycles. The Hall–Kier alpha value is -6.09. The zero-order chi connectivity index (χ0) is 32.0. The lowest BCUT2D eigenvalue weighted by molar-refractivity contribution is 0.0599. The molecule has 234 valence electrons. The number of amides is 1. The van der Waals surface area contributed by atoms with Crippen molar-refractivity contribution in [2.75, 3.05) is 18.2 Å². The van der Waals surface area contributed by atoms with Gasteiger partial charge in [-0.15, -0.1) is 0 Å². The second-order valence-electron chi connectivity index (χ2n) is 9.30. The third kappa shape index (κ3) is 7.66. The Bertz CT molecular complexity index is 1930. The summed E-state index contributed by atoms with van der Waals surface area (Å²) in [7, 11) is 1.36. The van der Waals surface area contributed by atoms with Crippen molar-refractivity contribution >= 4 is 35.0 Å². The van der Waals surface area contributed by atoms with Crippen LogP contribution in [-0.4, -0.2) is 49.5 Å². The van der Waals surface area contributed by atoms with E-state index in [1.165, 1.54) is 7.11 Å². The Morgan fingerprint density at radius 2 is 1.62 bits per heavy atom. The molecule has 0 unspecified atom stereocenters. The van der Waals surface area contributed by atoms with Crippen LogP contribution in [0.25, 0.3) is 5.78 Å². The lowest BCUT2D eigenvalue weighted by Gasteiger charge is -2.11. The van der Waals surface area contributed by atoms with Crippen LogP contribution < -0.4 is 33.0 Å². The molecule has 5 aromatic rings. The maximum Gasteiger partial charge on any atom is 0.353 e. The first-order valence-corrected chi connectivity index (χ1v) is 12.9. The van der Waals surface area contributed by atoms with E-state index in [9.17, 15) is 34.2 Å². The fourth-order valence-electron chi connectivity index (χ4n) is 4.03. The number of esters is 1. The van der Waals surface area contributed by atoms with Crippen molar-refractivity contribution in [2.45, 2.75) is 27.1 Å². The van der Waals surface area contributed by atoms with Crippen molar-refractivity contribution in [1.29, 1.82) is 0 Å². The predicted octanol–water partition coefficient (Wildman–Crippen LogP) is 1.42. The molecule has 0 saturated heterocycles. The minimum atomic E-state index is -1.31. The highest BCUT2D eigenvalue weighted by molar-refractivity contribution is 5.96. The molecular weight excluding hydrogens is 586 g/mol. The van der Waals surface area contributed by atoms with Crippen molar-refractivity contribution in [3.05, 3.63) is 115 Å². The van der Waals surface area contributed by atoms with Crippen LogP contribution in [0.15, 0.2) is 70.4 Å². The van der Waals surface area contributed by atoms with Crippen molar-refractivity contribution in [1.82, 2.24) is 19.7 Å². The molecule has 8 N–H and O–H groups in total. The lowest BCUT2D eigenvalue weighted by Crippen LogP contribution is -2.36. The quantitative estimate of drug-likeness (QED) is 0.101. The van der Waals surface area contributed by atoms with E-state index < -0.39 is 28.6 Å². The van der Waals surface area contributed by atoms with E-state index >= 15 is 0 Å². The zero-order valence-electron chi connectivity index (χ0n) is 23.2. The summed E-state index contributed by atoms with van der Waals surface area (Å²) in [4.78, 5) is 65.3. The average Bonchev–Trinajstić information content (AvgIpc) is 3.42. The predicted molar refractivity (Wildman–Crippen MR) is 165 cm³/mol.